The number of carbonyl (C=O) groups excluding carboxylic acids is 6. The molecule has 0 saturated carbocycles. The summed E-state index contributed by atoms with van der Waals surface area (Å²) in [6, 6.07) is -1.52. The molecular weight excluding hydrogens is 320 g/mol. The van der Waals surface area contributed by atoms with Gasteiger partial charge in [0.15, 0.2) is 0 Å². The van der Waals surface area contributed by atoms with Crippen molar-refractivity contribution in [3.05, 3.63) is 25.3 Å². The van der Waals surface area contributed by atoms with Crippen LogP contribution in [-0.2, 0) is 19.2 Å². The summed E-state index contributed by atoms with van der Waals surface area (Å²) < 4.78 is 0. The molecule has 2 rings (SSSR count). The number of hydrogen-bond donors (Lipinski definition) is 4. The topological polar surface area (TPSA) is 151 Å². The first-order chi connectivity index (χ1) is 11.2. The lowest BCUT2D eigenvalue weighted by atomic mass is 9.78. The molecule has 0 aromatic heterocycles. The molecule has 2 aliphatic heterocycles. The Labute approximate surface area is 136 Å². The molecule has 2 fully saturated rings. The summed E-state index contributed by atoms with van der Waals surface area (Å²) in [5.74, 6) is -2.31. The Morgan fingerprint density at radius 1 is 0.750 bits per heavy atom. The number of barbiturate groups is 2. The third-order valence-corrected chi connectivity index (χ3v) is 3.14. The van der Waals surface area contributed by atoms with Crippen molar-refractivity contribution < 1.29 is 28.8 Å². The third-order valence-electron chi connectivity index (χ3n) is 3.14. The molecular formula is C14H16N4O6. The fourth-order valence-electron chi connectivity index (χ4n) is 2.05. The maximum atomic E-state index is 11.6. The Morgan fingerprint density at radius 3 is 1.46 bits per heavy atom. The van der Waals surface area contributed by atoms with Crippen molar-refractivity contribution in [1.82, 2.24) is 21.3 Å². The number of rotatable bonds is 4. The van der Waals surface area contributed by atoms with Crippen molar-refractivity contribution in [2.45, 2.75) is 19.3 Å². The fraction of sp³-hybridized carbons (Fsp3) is 0.286. The molecule has 0 aromatic rings. The van der Waals surface area contributed by atoms with E-state index in [9.17, 15) is 28.8 Å². The summed E-state index contributed by atoms with van der Waals surface area (Å²) in [5.41, 5.74) is -1.28. The average molecular weight is 336 g/mol. The standard InChI is InChI=1S/C10H12N2O3.C4H4N2O3/c1-3-5-10(6-4-2)7(13)11-9(15)12-8(10)14;7-2-1-3(8)6-4(9)5-2/h3-4H,1-2,5-6H2,(H2,11,12,13,14,15);1H2,(H2,5,6,7,8,9). The minimum Gasteiger partial charge on any atom is -0.277 e. The van der Waals surface area contributed by atoms with Crippen molar-refractivity contribution in [3.8, 4) is 0 Å². The molecule has 8 amide bonds. The maximum absolute atomic E-state index is 11.6. The van der Waals surface area contributed by atoms with Gasteiger partial charge in [0.2, 0.25) is 23.6 Å². The van der Waals surface area contributed by atoms with Crippen LogP contribution in [0.5, 0.6) is 0 Å². The van der Waals surface area contributed by atoms with Crippen molar-refractivity contribution in [2.75, 3.05) is 0 Å². The normalized spacial score (nSPS) is 19.0. The number of urea groups is 2. The molecule has 0 aliphatic carbocycles. The summed E-state index contributed by atoms with van der Waals surface area (Å²) in [6.45, 7) is 6.98. The number of allylic oxidation sites excluding steroid dienone is 2. The highest BCUT2D eigenvalue weighted by Gasteiger charge is 2.48. The highest BCUT2D eigenvalue weighted by Crippen LogP contribution is 2.30. The highest BCUT2D eigenvalue weighted by atomic mass is 16.2. The van der Waals surface area contributed by atoms with E-state index in [0.717, 1.165) is 0 Å². The van der Waals surface area contributed by atoms with Gasteiger partial charge in [0.05, 0.1) is 0 Å². The summed E-state index contributed by atoms with van der Waals surface area (Å²) >= 11 is 0. The monoisotopic (exact) mass is 336 g/mol. The van der Waals surface area contributed by atoms with Gasteiger partial charge in [-0.05, 0) is 12.8 Å². The van der Waals surface area contributed by atoms with Gasteiger partial charge in [0.25, 0.3) is 0 Å². The summed E-state index contributed by atoms with van der Waals surface area (Å²) in [6.07, 6.45) is 3.02. The van der Waals surface area contributed by atoms with E-state index in [2.05, 4.69) is 23.8 Å². The van der Waals surface area contributed by atoms with Crippen LogP contribution in [0.4, 0.5) is 9.59 Å². The first-order valence-corrected chi connectivity index (χ1v) is 6.77. The second kappa shape index (κ2) is 7.81. The molecule has 0 unspecified atom stereocenters. The smallest absolute Gasteiger partial charge is 0.277 e. The van der Waals surface area contributed by atoms with Gasteiger partial charge in [-0.1, -0.05) is 12.2 Å². The Morgan fingerprint density at radius 2 is 1.12 bits per heavy atom. The van der Waals surface area contributed by atoms with Crippen LogP contribution in [0.3, 0.4) is 0 Å². The van der Waals surface area contributed by atoms with Crippen LogP contribution < -0.4 is 21.3 Å². The summed E-state index contributed by atoms with van der Waals surface area (Å²) in [5, 5.41) is 7.93. The quantitative estimate of drug-likeness (QED) is 0.391. The molecule has 0 spiro atoms. The highest BCUT2D eigenvalue weighted by molar-refractivity contribution is 6.19. The van der Waals surface area contributed by atoms with Gasteiger partial charge in [-0.3, -0.25) is 40.4 Å². The van der Waals surface area contributed by atoms with E-state index in [1.54, 1.807) is 0 Å². The zero-order valence-corrected chi connectivity index (χ0v) is 12.6. The van der Waals surface area contributed by atoms with Crippen molar-refractivity contribution in [1.29, 1.82) is 0 Å². The van der Waals surface area contributed by atoms with E-state index in [0.29, 0.717) is 0 Å². The minimum atomic E-state index is -1.28. The van der Waals surface area contributed by atoms with Crippen LogP contribution in [0.2, 0.25) is 0 Å². The Hall–Kier alpha value is -3.30. The largest absolute Gasteiger partial charge is 0.328 e. The predicted octanol–water partition coefficient (Wildman–Crippen LogP) is -0.766. The molecule has 10 heteroatoms. The molecule has 24 heavy (non-hydrogen) atoms. The number of carbonyl (C=O) groups is 6. The van der Waals surface area contributed by atoms with Crippen LogP contribution in [0, 0.1) is 5.41 Å². The van der Waals surface area contributed by atoms with Gasteiger partial charge < -0.3 is 0 Å². The van der Waals surface area contributed by atoms with E-state index >= 15 is 0 Å². The van der Waals surface area contributed by atoms with Crippen LogP contribution >= 0.6 is 0 Å². The van der Waals surface area contributed by atoms with Crippen LogP contribution in [0.15, 0.2) is 25.3 Å². The first-order valence-electron chi connectivity index (χ1n) is 6.77. The molecule has 0 aromatic carbocycles. The van der Waals surface area contributed by atoms with Crippen LogP contribution in [0.25, 0.3) is 0 Å². The van der Waals surface area contributed by atoms with Crippen molar-refractivity contribution in [3.63, 3.8) is 0 Å². The van der Waals surface area contributed by atoms with Crippen LogP contribution in [-0.4, -0.2) is 35.7 Å². The Balaban J connectivity index is 0.000000272. The SMILES string of the molecule is C=CCC1(CC=C)C(=O)NC(=O)NC1=O.O=C1CC(=O)NC(=O)N1. The van der Waals surface area contributed by atoms with E-state index in [1.807, 2.05) is 10.6 Å². The second-order valence-electron chi connectivity index (χ2n) is 4.91. The minimum absolute atomic E-state index is 0.171. The average Bonchev–Trinajstić information content (AvgIpc) is 2.44. The lowest BCUT2D eigenvalue weighted by Gasteiger charge is -2.32. The van der Waals surface area contributed by atoms with Gasteiger partial charge in [0, 0.05) is 0 Å². The molecule has 4 N–H and O–H groups in total. The number of amides is 8. The molecule has 2 heterocycles. The van der Waals surface area contributed by atoms with E-state index in [-0.39, 0.29) is 19.3 Å². The third kappa shape index (κ3) is 4.35. The molecule has 10 nitrogen and oxygen atoms in total. The first kappa shape index (κ1) is 18.7. The molecule has 0 atom stereocenters. The Kier molecular flexibility index (Phi) is 6.10. The zero-order valence-electron chi connectivity index (χ0n) is 12.6. The predicted molar refractivity (Wildman–Crippen MR) is 80.0 cm³/mol. The van der Waals surface area contributed by atoms with Crippen molar-refractivity contribution in [2.24, 2.45) is 5.41 Å². The van der Waals surface area contributed by atoms with Crippen LogP contribution in [0.1, 0.15) is 19.3 Å². The lowest BCUT2D eigenvalue weighted by Crippen LogP contribution is -2.62. The fourth-order valence-corrected chi connectivity index (χ4v) is 2.05. The van der Waals surface area contributed by atoms with E-state index < -0.39 is 41.1 Å². The second-order valence-corrected chi connectivity index (χ2v) is 4.91. The van der Waals surface area contributed by atoms with Gasteiger partial charge in [-0.2, -0.15) is 0 Å². The lowest BCUT2D eigenvalue weighted by molar-refractivity contribution is -0.144. The number of imide groups is 4. The zero-order chi connectivity index (χ0) is 18.3. The maximum Gasteiger partial charge on any atom is 0.328 e. The molecule has 2 aliphatic rings. The van der Waals surface area contributed by atoms with E-state index in [4.69, 9.17) is 0 Å². The Bertz CT molecular complexity index is 562. The van der Waals surface area contributed by atoms with Gasteiger partial charge in [-0.25, -0.2) is 9.59 Å². The van der Waals surface area contributed by atoms with E-state index in [1.165, 1.54) is 12.2 Å². The van der Waals surface area contributed by atoms with Gasteiger partial charge in [0.1, 0.15) is 11.8 Å². The number of hydrogen-bond acceptors (Lipinski definition) is 6. The van der Waals surface area contributed by atoms with Gasteiger partial charge >= 0.3 is 12.1 Å². The molecule has 0 bridgehead atoms. The summed E-state index contributed by atoms with van der Waals surface area (Å²) in [7, 11) is 0. The summed E-state index contributed by atoms with van der Waals surface area (Å²) in [4.78, 5) is 64.9. The van der Waals surface area contributed by atoms with Crippen molar-refractivity contribution >= 4 is 35.7 Å². The molecule has 128 valence electrons. The number of nitrogens with one attached hydrogen (secondary N) is 4. The molecule has 2 saturated heterocycles. The molecule has 0 radical (unpaired) electrons. The van der Waals surface area contributed by atoms with Gasteiger partial charge in [-0.15, -0.1) is 13.2 Å².